The number of phenols is 1. The van der Waals surface area contributed by atoms with E-state index < -0.39 is 0 Å². The summed E-state index contributed by atoms with van der Waals surface area (Å²) in [6.07, 6.45) is 1.72. The predicted molar refractivity (Wildman–Crippen MR) is 133 cm³/mol. The SMILES string of the molecule is CCNC(=NCc1nncn1-c1ccccc1)N1CCN(c2ccccc2O)CC1.I. The number of aromatic nitrogens is 3. The van der Waals surface area contributed by atoms with Gasteiger partial charge in [-0.1, -0.05) is 30.3 Å². The lowest BCUT2D eigenvalue weighted by atomic mass is 10.2. The van der Waals surface area contributed by atoms with Crippen molar-refractivity contribution in [2.45, 2.75) is 13.5 Å². The normalized spacial score (nSPS) is 14.3. The van der Waals surface area contributed by atoms with Gasteiger partial charge in [0.25, 0.3) is 0 Å². The molecule has 1 saturated heterocycles. The van der Waals surface area contributed by atoms with E-state index in [4.69, 9.17) is 4.99 Å². The summed E-state index contributed by atoms with van der Waals surface area (Å²) in [7, 11) is 0. The molecular formula is C22H28IN7O. The standard InChI is InChI=1S/C22H27N7O.HI/c1-2-23-22(24-16-21-26-25-17-29(21)18-8-4-3-5-9-18)28-14-12-27(13-15-28)19-10-6-7-11-20(19)30;/h3-11,17,30H,2,12-16H2,1H3,(H,23,24);1H. The topological polar surface area (TPSA) is 81.8 Å². The van der Waals surface area contributed by atoms with Crippen molar-refractivity contribution in [3.63, 3.8) is 0 Å². The largest absolute Gasteiger partial charge is 0.506 e. The lowest BCUT2D eigenvalue weighted by Gasteiger charge is -2.37. The average molecular weight is 533 g/mol. The molecule has 2 N–H and O–H groups in total. The number of piperazine rings is 1. The number of nitrogens with zero attached hydrogens (tertiary/aromatic N) is 6. The molecule has 3 aromatic rings. The lowest BCUT2D eigenvalue weighted by molar-refractivity contribution is 0.369. The minimum atomic E-state index is 0. The molecular weight excluding hydrogens is 505 g/mol. The maximum atomic E-state index is 10.1. The van der Waals surface area contributed by atoms with Gasteiger partial charge in [0.2, 0.25) is 0 Å². The van der Waals surface area contributed by atoms with Crippen LogP contribution in [-0.2, 0) is 6.54 Å². The molecule has 31 heavy (non-hydrogen) atoms. The molecule has 0 amide bonds. The quantitative estimate of drug-likeness (QED) is 0.298. The Hall–Kier alpha value is -2.82. The summed E-state index contributed by atoms with van der Waals surface area (Å²) >= 11 is 0. The summed E-state index contributed by atoms with van der Waals surface area (Å²) in [5, 5.41) is 21.8. The van der Waals surface area contributed by atoms with Crippen LogP contribution in [0, 0.1) is 0 Å². The van der Waals surface area contributed by atoms with E-state index in [9.17, 15) is 5.11 Å². The fourth-order valence-electron chi connectivity index (χ4n) is 3.63. The highest BCUT2D eigenvalue weighted by atomic mass is 127. The number of guanidine groups is 1. The van der Waals surface area contributed by atoms with E-state index in [1.807, 2.05) is 53.1 Å². The van der Waals surface area contributed by atoms with Crippen molar-refractivity contribution in [1.29, 1.82) is 0 Å². The lowest BCUT2D eigenvalue weighted by Crippen LogP contribution is -2.52. The highest BCUT2D eigenvalue weighted by molar-refractivity contribution is 14.0. The fourth-order valence-corrected chi connectivity index (χ4v) is 3.63. The number of benzene rings is 2. The Balaban J connectivity index is 0.00000272. The minimum Gasteiger partial charge on any atom is -0.506 e. The Kier molecular flexibility index (Phi) is 8.10. The minimum absolute atomic E-state index is 0. The smallest absolute Gasteiger partial charge is 0.194 e. The number of para-hydroxylation sites is 3. The second-order valence-corrected chi connectivity index (χ2v) is 7.09. The monoisotopic (exact) mass is 533 g/mol. The van der Waals surface area contributed by atoms with Crippen molar-refractivity contribution in [2.24, 2.45) is 4.99 Å². The summed E-state index contributed by atoms with van der Waals surface area (Å²) in [6.45, 7) is 6.60. The number of hydrogen-bond donors (Lipinski definition) is 2. The second-order valence-electron chi connectivity index (χ2n) is 7.09. The highest BCUT2D eigenvalue weighted by Crippen LogP contribution is 2.27. The van der Waals surface area contributed by atoms with Gasteiger partial charge in [-0.25, -0.2) is 4.99 Å². The average Bonchev–Trinajstić information content (AvgIpc) is 3.26. The Morgan fingerprint density at radius 2 is 1.74 bits per heavy atom. The number of aromatic hydroxyl groups is 1. The van der Waals surface area contributed by atoms with Crippen LogP contribution in [0.4, 0.5) is 5.69 Å². The molecule has 0 bridgehead atoms. The first-order chi connectivity index (χ1) is 14.8. The van der Waals surface area contributed by atoms with Crippen molar-refractivity contribution in [3.8, 4) is 11.4 Å². The Bertz CT molecular complexity index is 984. The Morgan fingerprint density at radius 3 is 2.45 bits per heavy atom. The third kappa shape index (κ3) is 5.46. The van der Waals surface area contributed by atoms with Crippen molar-refractivity contribution < 1.29 is 5.11 Å². The van der Waals surface area contributed by atoms with Crippen molar-refractivity contribution in [3.05, 3.63) is 66.7 Å². The van der Waals surface area contributed by atoms with Crippen molar-refractivity contribution >= 4 is 35.6 Å². The Labute approximate surface area is 199 Å². The third-order valence-corrected chi connectivity index (χ3v) is 5.16. The van der Waals surface area contributed by atoms with Crippen LogP contribution in [0.5, 0.6) is 5.75 Å². The molecule has 1 fully saturated rings. The molecule has 0 unspecified atom stereocenters. The van der Waals surface area contributed by atoms with Gasteiger partial charge in [-0.3, -0.25) is 4.57 Å². The van der Waals surface area contributed by atoms with Crippen molar-refractivity contribution in [2.75, 3.05) is 37.6 Å². The summed E-state index contributed by atoms with van der Waals surface area (Å²) in [5.74, 6) is 1.99. The van der Waals surface area contributed by atoms with Gasteiger partial charge in [0.1, 0.15) is 18.6 Å². The number of halogens is 1. The number of hydrogen-bond acceptors (Lipinski definition) is 5. The van der Waals surface area contributed by atoms with Gasteiger partial charge < -0.3 is 20.2 Å². The van der Waals surface area contributed by atoms with Crippen LogP contribution in [0.3, 0.4) is 0 Å². The zero-order valence-electron chi connectivity index (χ0n) is 17.6. The number of anilines is 1. The first-order valence-electron chi connectivity index (χ1n) is 10.3. The van der Waals surface area contributed by atoms with Gasteiger partial charge in [0.05, 0.1) is 5.69 Å². The molecule has 0 saturated carbocycles. The van der Waals surface area contributed by atoms with E-state index >= 15 is 0 Å². The number of rotatable bonds is 5. The summed E-state index contributed by atoms with van der Waals surface area (Å²) in [5.41, 5.74) is 1.91. The number of phenolic OH excluding ortho intramolecular Hbond substituents is 1. The number of nitrogens with one attached hydrogen (secondary N) is 1. The van der Waals surface area contributed by atoms with Crippen LogP contribution in [0.25, 0.3) is 5.69 Å². The van der Waals surface area contributed by atoms with E-state index in [-0.39, 0.29) is 24.0 Å². The first-order valence-corrected chi connectivity index (χ1v) is 10.3. The molecule has 9 heteroatoms. The zero-order valence-corrected chi connectivity index (χ0v) is 19.9. The van der Waals surface area contributed by atoms with Gasteiger partial charge in [0, 0.05) is 38.4 Å². The van der Waals surface area contributed by atoms with E-state index in [1.54, 1.807) is 12.4 Å². The van der Waals surface area contributed by atoms with Gasteiger partial charge in [-0.05, 0) is 31.2 Å². The molecule has 0 spiro atoms. The van der Waals surface area contributed by atoms with E-state index in [0.717, 1.165) is 55.9 Å². The van der Waals surface area contributed by atoms with Crippen molar-refractivity contribution in [1.82, 2.24) is 25.0 Å². The second kappa shape index (κ2) is 11.0. The van der Waals surface area contributed by atoms with Gasteiger partial charge in [-0.15, -0.1) is 34.2 Å². The molecule has 2 aromatic carbocycles. The summed E-state index contributed by atoms with van der Waals surface area (Å²) < 4.78 is 1.96. The van der Waals surface area contributed by atoms with E-state index in [2.05, 4.69) is 32.2 Å². The van der Waals surface area contributed by atoms with Crippen LogP contribution in [0.15, 0.2) is 65.9 Å². The molecule has 0 aliphatic carbocycles. The van der Waals surface area contributed by atoms with Gasteiger partial charge in [0.15, 0.2) is 11.8 Å². The third-order valence-electron chi connectivity index (χ3n) is 5.16. The zero-order chi connectivity index (χ0) is 20.8. The molecule has 2 heterocycles. The van der Waals surface area contributed by atoms with Crippen LogP contribution in [0.2, 0.25) is 0 Å². The first kappa shape index (κ1) is 22.9. The Morgan fingerprint density at radius 1 is 1.03 bits per heavy atom. The molecule has 4 rings (SSSR count). The maximum Gasteiger partial charge on any atom is 0.194 e. The summed E-state index contributed by atoms with van der Waals surface area (Å²) in [6, 6.07) is 17.5. The fraction of sp³-hybridized carbons (Fsp3) is 0.318. The molecule has 164 valence electrons. The molecule has 1 aromatic heterocycles. The molecule has 0 atom stereocenters. The molecule has 1 aliphatic rings. The van der Waals surface area contributed by atoms with E-state index in [0.29, 0.717) is 12.3 Å². The molecule has 1 aliphatic heterocycles. The predicted octanol–water partition coefficient (Wildman–Crippen LogP) is 2.88. The van der Waals surface area contributed by atoms with Crippen LogP contribution >= 0.6 is 24.0 Å². The van der Waals surface area contributed by atoms with E-state index in [1.165, 1.54) is 0 Å². The van der Waals surface area contributed by atoms with Gasteiger partial charge in [-0.2, -0.15) is 0 Å². The highest BCUT2D eigenvalue weighted by Gasteiger charge is 2.21. The molecule has 8 nitrogen and oxygen atoms in total. The van der Waals surface area contributed by atoms with Crippen LogP contribution in [-0.4, -0.2) is 63.5 Å². The van der Waals surface area contributed by atoms with Crippen LogP contribution in [0.1, 0.15) is 12.7 Å². The van der Waals surface area contributed by atoms with Crippen LogP contribution < -0.4 is 10.2 Å². The molecule has 0 radical (unpaired) electrons. The maximum absolute atomic E-state index is 10.1. The summed E-state index contributed by atoms with van der Waals surface area (Å²) in [4.78, 5) is 9.28. The van der Waals surface area contributed by atoms with Gasteiger partial charge >= 0.3 is 0 Å². The number of aliphatic imine (C=N–C) groups is 1.